The Morgan fingerprint density at radius 2 is 2.00 bits per heavy atom. The van der Waals surface area contributed by atoms with Gasteiger partial charge in [0.25, 0.3) is 5.91 Å². The minimum atomic E-state index is -0.660. The van der Waals surface area contributed by atoms with E-state index < -0.39 is 11.6 Å². The summed E-state index contributed by atoms with van der Waals surface area (Å²) >= 11 is 0. The molecule has 154 valence electrons. The van der Waals surface area contributed by atoms with Gasteiger partial charge in [-0.15, -0.1) is 0 Å². The molecule has 7 heteroatoms. The molecule has 2 aliphatic carbocycles. The van der Waals surface area contributed by atoms with Crippen molar-refractivity contribution in [1.82, 2.24) is 20.0 Å². The summed E-state index contributed by atoms with van der Waals surface area (Å²) in [5.41, 5.74) is 2.48. The van der Waals surface area contributed by atoms with Crippen LogP contribution >= 0.6 is 0 Å². The van der Waals surface area contributed by atoms with Gasteiger partial charge in [-0.25, -0.2) is 13.5 Å². The predicted molar refractivity (Wildman–Crippen MR) is 105 cm³/mol. The second kappa shape index (κ2) is 6.90. The molecule has 5 nitrogen and oxygen atoms in total. The van der Waals surface area contributed by atoms with Crippen LogP contribution in [-0.2, 0) is 6.42 Å². The third-order valence-corrected chi connectivity index (χ3v) is 6.71. The quantitative estimate of drug-likeness (QED) is 0.856. The van der Waals surface area contributed by atoms with Crippen LogP contribution in [0.25, 0.3) is 5.69 Å². The maximum atomic E-state index is 14.4. The molecule has 1 N–H and O–H groups in total. The van der Waals surface area contributed by atoms with Crippen LogP contribution in [0.1, 0.15) is 60.8 Å². The third-order valence-electron chi connectivity index (χ3n) is 6.71. The Bertz CT molecular complexity index is 962. The lowest BCUT2D eigenvalue weighted by molar-refractivity contribution is 0.0894. The lowest BCUT2D eigenvalue weighted by Gasteiger charge is -2.34. The molecule has 1 aromatic heterocycles. The first-order chi connectivity index (χ1) is 13.9. The molecule has 5 rings (SSSR count). The normalized spacial score (nSPS) is 23.9. The highest BCUT2D eigenvalue weighted by Gasteiger charge is 2.50. The van der Waals surface area contributed by atoms with Gasteiger partial charge < -0.3 is 10.2 Å². The van der Waals surface area contributed by atoms with Gasteiger partial charge >= 0.3 is 0 Å². The van der Waals surface area contributed by atoms with Gasteiger partial charge in [0.1, 0.15) is 11.5 Å². The van der Waals surface area contributed by atoms with Crippen LogP contribution in [0.2, 0.25) is 0 Å². The van der Waals surface area contributed by atoms with E-state index in [1.807, 2.05) is 0 Å². The Hall–Kier alpha value is -2.28. The molecule has 2 fully saturated rings. The minimum absolute atomic E-state index is 0.136. The molecule has 1 aliphatic heterocycles. The van der Waals surface area contributed by atoms with Crippen LogP contribution in [0, 0.1) is 17.6 Å². The van der Waals surface area contributed by atoms with E-state index in [0.717, 1.165) is 56.1 Å². The number of nitrogens with one attached hydrogen (secondary N) is 1. The van der Waals surface area contributed by atoms with Gasteiger partial charge in [0.2, 0.25) is 0 Å². The van der Waals surface area contributed by atoms with E-state index in [-0.39, 0.29) is 17.6 Å². The maximum Gasteiger partial charge on any atom is 0.272 e. The van der Waals surface area contributed by atoms with Crippen LogP contribution in [0.15, 0.2) is 18.2 Å². The fraction of sp³-hybridized carbons (Fsp3) is 0.545. The van der Waals surface area contributed by atoms with E-state index in [2.05, 4.69) is 29.2 Å². The van der Waals surface area contributed by atoms with E-state index in [1.54, 1.807) is 0 Å². The molecule has 0 unspecified atom stereocenters. The minimum Gasteiger partial charge on any atom is -0.348 e. The Labute approximate surface area is 169 Å². The molecule has 1 aromatic carbocycles. The van der Waals surface area contributed by atoms with Crippen LogP contribution < -0.4 is 5.32 Å². The molecule has 0 spiro atoms. The first-order valence-electron chi connectivity index (χ1n) is 10.5. The Balaban J connectivity index is 1.40. The van der Waals surface area contributed by atoms with E-state index >= 15 is 0 Å². The summed E-state index contributed by atoms with van der Waals surface area (Å²) in [6, 6.07) is 4.15. The van der Waals surface area contributed by atoms with E-state index in [9.17, 15) is 13.6 Å². The number of halogens is 2. The largest absolute Gasteiger partial charge is 0.348 e. The highest BCUT2D eigenvalue weighted by molar-refractivity contribution is 5.94. The van der Waals surface area contributed by atoms with Crippen molar-refractivity contribution in [3.05, 3.63) is 46.8 Å². The molecule has 29 heavy (non-hydrogen) atoms. The summed E-state index contributed by atoms with van der Waals surface area (Å²) in [4.78, 5) is 15.5. The van der Waals surface area contributed by atoms with Gasteiger partial charge in [0.05, 0.1) is 5.69 Å². The molecule has 3 aliphatic rings. The fourth-order valence-corrected chi connectivity index (χ4v) is 4.95. The Kier molecular flexibility index (Phi) is 4.46. The topological polar surface area (TPSA) is 50.2 Å². The number of fused-ring (bicyclic) bond motifs is 3. The van der Waals surface area contributed by atoms with Gasteiger partial charge in [-0.1, -0.05) is 0 Å². The molecule has 0 radical (unpaired) electrons. The van der Waals surface area contributed by atoms with E-state index in [1.165, 1.54) is 16.8 Å². The van der Waals surface area contributed by atoms with Crippen molar-refractivity contribution in [2.75, 3.05) is 13.1 Å². The second-order valence-electron chi connectivity index (χ2n) is 8.90. The Morgan fingerprint density at radius 1 is 1.24 bits per heavy atom. The molecule has 2 atom stereocenters. The summed E-state index contributed by atoms with van der Waals surface area (Å²) in [6.07, 6.45) is 3.71. The van der Waals surface area contributed by atoms with Crippen molar-refractivity contribution in [2.45, 2.75) is 57.5 Å². The number of nitrogens with zero attached hydrogens (tertiary/aromatic N) is 3. The van der Waals surface area contributed by atoms with Crippen molar-refractivity contribution in [3.8, 4) is 5.69 Å². The van der Waals surface area contributed by atoms with Crippen LogP contribution in [0.4, 0.5) is 8.78 Å². The predicted octanol–water partition coefficient (Wildman–Crippen LogP) is 3.41. The van der Waals surface area contributed by atoms with Gasteiger partial charge in [-0.05, 0) is 57.6 Å². The number of amides is 1. The zero-order valence-electron chi connectivity index (χ0n) is 16.8. The summed E-state index contributed by atoms with van der Waals surface area (Å²) in [5.74, 6) is -0.597. The van der Waals surface area contributed by atoms with Gasteiger partial charge in [0.15, 0.2) is 11.5 Å². The second-order valence-corrected chi connectivity index (χ2v) is 8.90. The zero-order chi connectivity index (χ0) is 20.3. The highest BCUT2D eigenvalue weighted by atomic mass is 19.1. The SMILES string of the molecule is CC(C)N1CCC(NC(=O)c2nn(-c3ccc(F)cc3F)c3c2C[C@H]2C[C@@H]32)CC1. The average molecular weight is 400 g/mol. The lowest BCUT2D eigenvalue weighted by atomic mass is 10.0. The fourth-order valence-electron chi connectivity index (χ4n) is 4.95. The Morgan fingerprint density at radius 3 is 2.69 bits per heavy atom. The number of rotatable bonds is 4. The molecule has 2 aromatic rings. The number of likely N-dealkylation sites (tertiary alicyclic amines) is 1. The zero-order valence-corrected chi connectivity index (χ0v) is 16.8. The first kappa shape index (κ1) is 18.7. The maximum absolute atomic E-state index is 14.4. The molecule has 1 saturated carbocycles. The number of carbonyl (C=O) groups is 1. The summed E-state index contributed by atoms with van der Waals surface area (Å²) < 4.78 is 29.3. The molecule has 2 heterocycles. The summed E-state index contributed by atoms with van der Waals surface area (Å²) in [5, 5.41) is 7.66. The molecule has 1 saturated heterocycles. The summed E-state index contributed by atoms with van der Waals surface area (Å²) in [6.45, 7) is 6.32. The third kappa shape index (κ3) is 3.25. The lowest BCUT2D eigenvalue weighted by Crippen LogP contribution is -2.46. The van der Waals surface area contributed by atoms with Gasteiger partial charge in [0, 0.05) is 42.7 Å². The van der Waals surface area contributed by atoms with Crippen LogP contribution in [0.3, 0.4) is 0 Å². The van der Waals surface area contributed by atoms with Crippen molar-refractivity contribution >= 4 is 5.91 Å². The number of carbonyl (C=O) groups excluding carboxylic acids is 1. The van der Waals surface area contributed by atoms with E-state index in [0.29, 0.717) is 23.6 Å². The first-order valence-corrected chi connectivity index (χ1v) is 10.5. The van der Waals surface area contributed by atoms with Crippen molar-refractivity contribution < 1.29 is 13.6 Å². The van der Waals surface area contributed by atoms with E-state index in [4.69, 9.17) is 0 Å². The monoisotopic (exact) mass is 400 g/mol. The highest BCUT2D eigenvalue weighted by Crippen LogP contribution is 2.57. The van der Waals surface area contributed by atoms with Crippen molar-refractivity contribution in [2.24, 2.45) is 5.92 Å². The smallest absolute Gasteiger partial charge is 0.272 e. The standard InChI is InChI=1S/C22H26F2N4O/c1-12(2)27-7-5-15(6-8-27)25-22(29)20-17-10-13-9-16(13)21(17)28(26-20)19-4-3-14(23)11-18(19)24/h3-4,11-13,15-16H,5-10H2,1-2H3,(H,25,29)/t13-,16-/m1/s1. The van der Waals surface area contributed by atoms with Crippen LogP contribution in [0.5, 0.6) is 0 Å². The molecular weight excluding hydrogens is 374 g/mol. The van der Waals surface area contributed by atoms with Gasteiger partial charge in [-0.3, -0.25) is 4.79 Å². The number of hydrogen-bond acceptors (Lipinski definition) is 3. The number of aromatic nitrogens is 2. The molecule has 0 bridgehead atoms. The number of hydrogen-bond donors (Lipinski definition) is 1. The molecule has 1 amide bonds. The average Bonchev–Trinajstić information content (AvgIpc) is 3.18. The number of benzene rings is 1. The van der Waals surface area contributed by atoms with Crippen molar-refractivity contribution in [3.63, 3.8) is 0 Å². The van der Waals surface area contributed by atoms with Gasteiger partial charge in [-0.2, -0.15) is 5.10 Å². The molecular formula is C22H26F2N4O. The van der Waals surface area contributed by atoms with Crippen molar-refractivity contribution in [1.29, 1.82) is 0 Å². The summed E-state index contributed by atoms with van der Waals surface area (Å²) in [7, 11) is 0. The van der Waals surface area contributed by atoms with Crippen LogP contribution in [-0.4, -0.2) is 45.8 Å². The number of piperidine rings is 1.